The van der Waals surface area contributed by atoms with Crippen molar-refractivity contribution in [1.82, 2.24) is 14.9 Å². The lowest BCUT2D eigenvalue weighted by molar-refractivity contribution is 0.0215. The van der Waals surface area contributed by atoms with E-state index in [9.17, 15) is 0 Å². The molecule has 0 bridgehead atoms. The molecule has 1 aliphatic heterocycles. The number of rotatable bonds is 7. The Hall–Kier alpha value is -1.40. The second-order valence-electron chi connectivity index (χ2n) is 8.08. The fourth-order valence-corrected chi connectivity index (χ4v) is 2.61. The highest BCUT2D eigenvalue weighted by atomic mass is 16.5. The summed E-state index contributed by atoms with van der Waals surface area (Å²) in [5.41, 5.74) is -0.231. The van der Waals surface area contributed by atoms with Gasteiger partial charge in [0, 0.05) is 32.7 Å². The van der Waals surface area contributed by atoms with Crippen molar-refractivity contribution in [2.75, 3.05) is 44.2 Å². The maximum atomic E-state index is 5.88. The highest BCUT2D eigenvalue weighted by Gasteiger charge is 2.20. The van der Waals surface area contributed by atoms with Crippen LogP contribution < -0.4 is 9.64 Å². The fourth-order valence-electron chi connectivity index (χ4n) is 2.61. The largest absolute Gasteiger partial charge is 0.485 e. The van der Waals surface area contributed by atoms with Crippen molar-refractivity contribution in [2.24, 2.45) is 5.92 Å². The molecule has 0 saturated carbocycles. The minimum absolute atomic E-state index is 0.231. The molecule has 1 aliphatic rings. The van der Waals surface area contributed by atoms with Crippen molar-refractivity contribution in [2.45, 2.75) is 53.2 Å². The van der Waals surface area contributed by atoms with Crippen LogP contribution in [-0.4, -0.2) is 65.9 Å². The predicted octanol–water partition coefficient (Wildman–Crippen LogP) is 2.84. The van der Waals surface area contributed by atoms with E-state index in [2.05, 4.69) is 40.5 Å². The summed E-state index contributed by atoms with van der Waals surface area (Å²) in [4.78, 5) is 13.6. The zero-order valence-electron chi connectivity index (χ0n) is 16.7. The standard InChI is InChI=1S/C19H34N4O2/c1-15(2)16(3)24-12-11-22-7-9-23(10-8-22)18-20-13-17(14-21-18)25-19(4,5)6/h13-16H,7-12H2,1-6H3/t16-/m0/s1. The molecular weight excluding hydrogens is 316 g/mol. The Morgan fingerprint density at radius 2 is 1.64 bits per heavy atom. The highest BCUT2D eigenvalue weighted by Crippen LogP contribution is 2.18. The van der Waals surface area contributed by atoms with E-state index >= 15 is 0 Å². The van der Waals surface area contributed by atoms with Crippen LogP contribution in [0.15, 0.2) is 12.4 Å². The SMILES string of the molecule is CC(C)[C@H](C)OCCN1CCN(c2ncc(OC(C)(C)C)cn2)CC1. The lowest BCUT2D eigenvalue weighted by Crippen LogP contribution is -2.48. The predicted molar refractivity (Wildman–Crippen MR) is 101 cm³/mol. The maximum absolute atomic E-state index is 5.88. The molecule has 0 aliphatic carbocycles. The first-order valence-corrected chi connectivity index (χ1v) is 9.34. The molecule has 2 rings (SSSR count). The third-order valence-corrected chi connectivity index (χ3v) is 4.42. The number of nitrogens with zero attached hydrogens (tertiary/aromatic N) is 4. The number of aromatic nitrogens is 2. The molecule has 1 fully saturated rings. The number of ether oxygens (including phenoxy) is 2. The molecule has 6 nitrogen and oxygen atoms in total. The summed E-state index contributed by atoms with van der Waals surface area (Å²) in [6, 6.07) is 0. The van der Waals surface area contributed by atoms with Gasteiger partial charge in [-0.3, -0.25) is 4.90 Å². The smallest absolute Gasteiger partial charge is 0.225 e. The van der Waals surface area contributed by atoms with Crippen LogP contribution in [0.5, 0.6) is 5.75 Å². The van der Waals surface area contributed by atoms with Crippen LogP contribution in [0.1, 0.15) is 41.5 Å². The van der Waals surface area contributed by atoms with E-state index in [-0.39, 0.29) is 5.60 Å². The summed E-state index contributed by atoms with van der Waals surface area (Å²) in [6.07, 6.45) is 3.85. The molecule has 0 radical (unpaired) electrons. The molecule has 0 aromatic carbocycles. The van der Waals surface area contributed by atoms with Crippen LogP contribution in [0, 0.1) is 5.92 Å². The summed E-state index contributed by atoms with van der Waals surface area (Å²) in [6.45, 7) is 18.3. The summed E-state index contributed by atoms with van der Waals surface area (Å²) in [5, 5.41) is 0. The lowest BCUT2D eigenvalue weighted by atomic mass is 10.1. The van der Waals surface area contributed by atoms with Crippen molar-refractivity contribution in [1.29, 1.82) is 0 Å². The second kappa shape index (κ2) is 8.81. The summed E-state index contributed by atoms with van der Waals surface area (Å²) in [5.74, 6) is 2.07. The maximum Gasteiger partial charge on any atom is 0.225 e. The Morgan fingerprint density at radius 1 is 1.04 bits per heavy atom. The Morgan fingerprint density at radius 3 is 2.16 bits per heavy atom. The van der Waals surface area contributed by atoms with Crippen molar-refractivity contribution >= 4 is 5.95 Å². The molecule has 0 unspecified atom stereocenters. The Bertz CT molecular complexity index is 505. The minimum atomic E-state index is -0.231. The minimum Gasteiger partial charge on any atom is -0.485 e. The molecule has 1 atom stereocenters. The number of hydrogen-bond acceptors (Lipinski definition) is 6. The summed E-state index contributed by atoms with van der Waals surface area (Å²) >= 11 is 0. The second-order valence-corrected chi connectivity index (χ2v) is 8.08. The molecule has 1 aromatic rings. The molecule has 1 saturated heterocycles. The van der Waals surface area contributed by atoms with Gasteiger partial charge in [0.05, 0.1) is 25.1 Å². The van der Waals surface area contributed by atoms with Crippen molar-refractivity contribution in [3.8, 4) is 5.75 Å². The number of hydrogen-bond donors (Lipinski definition) is 0. The zero-order chi connectivity index (χ0) is 18.4. The molecule has 1 aromatic heterocycles. The van der Waals surface area contributed by atoms with Crippen LogP contribution in [0.25, 0.3) is 0 Å². The monoisotopic (exact) mass is 350 g/mol. The van der Waals surface area contributed by atoms with Crippen LogP contribution in [0.2, 0.25) is 0 Å². The first kappa shape index (κ1) is 19.9. The van der Waals surface area contributed by atoms with Gasteiger partial charge in [0.15, 0.2) is 5.75 Å². The number of piperazine rings is 1. The molecule has 0 amide bonds. The summed E-state index contributed by atoms with van der Waals surface area (Å²) in [7, 11) is 0. The van der Waals surface area contributed by atoms with E-state index in [1.54, 1.807) is 12.4 Å². The first-order valence-electron chi connectivity index (χ1n) is 9.34. The van der Waals surface area contributed by atoms with Crippen molar-refractivity contribution < 1.29 is 9.47 Å². The normalized spacial score (nSPS) is 17.8. The average molecular weight is 351 g/mol. The molecule has 25 heavy (non-hydrogen) atoms. The topological polar surface area (TPSA) is 50.7 Å². The Labute approximate surface area is 152 Å². The van der Waals surface area contributed by atoms with Gasteiger partial charge in [-0.15, -0.1) is 0 Å². The van der Waals surface area contributed by atoms with E-state index in [4.69, 9.17) is 9.47 Å². The van der Waals surface area contributed by atoms with Gasteiger partial charge in [0.2, 0.25) is 5.95 Å². The molecule has 0 N–H and O–H groups in total. The third-order valence-electron chi connectivity index (χ3n) is 4.42. The van der Waals surface area contributed by atoms with Gasteiger partial charge in [-0.1, -0.05) is 13.8 Å². The average Bonchev–Trinajstić information content (AvgIpc) is 2.54. The van der Waals surface area contributed by atoms with Crippen molar-refractivity contribution in [3.63, 3.8) is 0 Å². The van der Waals surface area contributed by atoms with Crippen LogP contribution in [0.4, 0.5) is 5.95 Å². The first-order chi connectivity index (χ1) is 11.7. The molecule has 2 heterocycles. The fraction of sp³-hybridized carbons (Fsp3) is 0.789. The molecule has 6 heteroatoms. The molecule has 0 spiro atoms. The quantitative estimate of drug-likeness (QED) is 0.754. The highest BCUT2D eigenvalue weighted by molar-refractivity contribution is 5.32. The van der Waals surface area contributed by atoms with E-state index in [0.29, 0.717) is 17.8 Å². The molecular formula is C19H34N4O2. The van der Waals surface area contributed by atoms with Gasteiger partial charge >= 0.3 is 0 Å². The van der Waals surface area contributed by atoms with Gasteiger partial charge in [0.25, 0.3) is 0 Å². The van der Waals surface area contributed by atoms with E-state index in [1.165, 1.54) is 0 Å². The van der Waals surface area contributed by atoms with Crippen molar-refractivity contribution in [3.05, 3.63) is 12.4 Å². The Balaban J connectivity index is 1.74. The number of anilines is 1. The Kier molecular flexibility index (Phi) is 7.02. The van der Waals surface area contributed by atoms with Gasteiger partial charge in [-0.2, -0.15) is 0 Å². The van der Waals surface area contributed by atoms with Crippen LogP contribution in [0.3, 0.4) is 0 Å². The summed E-state index contributed by atoms with van der Waals surface area (Å²) < 4.78 is 11.7. The third kappa shape index (κ3) is 6.78. The van der Waals surface area contributed by atoms with Crippen LogP contribution in [-0.2, 0) is 4.74 Å². The van der Waals surface area contributed by atoms with Gasteiger partial charge < -0.3 is 14.4 Å². The molecule has 142 valence electrons. The van der Waals surface area contributed by atoms with E-state index in [0.717, 1.165) is 45.3 Å². The van der Waals surface area contributed by atoms with Gasteiger partial charge in [0.1, 0.15) is 5.60 Å². The van der Waals surface area contributed by atoms with E-state index < -0.39 is 0 Å². The zero-order valence-corrected chi connectivity index (χ0v) is 16.7. The van der Waals surface area contributed by atoms with Crippen LogP contribution >= 0.6 is 0 Å². The van der Waals surface area contributed by atoms with Gasteiger partial charge in [-0.25, -0.2) is 9.97 Å². The lowest BCUT2D eigenvalue weighted by Gasteiger charge is -2.34. The van der Waals surface area contributed by atoms with E-state index in [1.807, 2.05) is 20.8 Å². The van der Waals surface area contributed by atoms with Gasteiger partial charge in [-0.05, 0) is 33.6 Å².